The molecule has 0 radical (unpaired) electrons. The van der Waals surface area contributed by atoms with E-state index < -0.39 is 0 Å². The number of rotatable bonds is 3. The lowest BCUT2D eigenvalue weighted by molar-refractivity contribution is -0.130. The molecule has 0 spiro atoms. The topological polar surface area (TPSA) is 38.8 Å². The lowest BCUT2D eigenvalue weighted by Gasteiger charge is -2.29. The van der Waals surface area contributed by atoms with Crippen molar-refractivity contribution >= 4 is 23.3 Å². The van der Waals surface area contributed by atoms with Crippen molar-refractivity contribution in [2.75, 3.05) is 20.3 Å². The van der Waals surface area contributed by atoms with E-state index in [1.54, 1.807) is 24.5 Å². The summed E-state index contributed by atoms with van der Waals surface area (Å²) in [7, 11) is 1.70. The lowest BCUT2D eigenvalue weighted by atomic mass is 10.1. The zero-order valence-corrected chi connectivity index (χ0v) is 12.3. The van der Waals surface area contributed by atoms with E-state index in [1.165, 1.54) is 0 Å². The quantitative estimate of drug-likeness (QED) is 0.802. The highest BCUT2D eigenvalue weighted by Gasteiger charge is 2.43. The highest BCUT2D eigenvalue weighted by Crippen LogP contribution is 2.31. The van der Waals surface area contributed by atoms with Gasteiger partial charge in [0.05, 0.1) is 18.8 Å². The molecule has 3 rings (SSSR count). The standard InChI is InChI=1S/C15H19NO3S/c1-18-15-12-5-6-13(15)19-9-8-16(12)14(17)7-4-11-3-2-10-20-11/h2-4,7,10,12-13,15H,5-6,8-9H2,1H3/b7-4+. The van der Waals surface area contributed by atoms with E-state index in [-0.39, 0.29) is 24.2 Å². The fourth-order valence-corrected chi connectivity index (χ4v) is 3.73. The summed E-state index contributed by atoms with van der Waals surface area (Å²) < 4.78 is 11.3. The van der Waals surface area contributed by atoms with Crippen LogP contribution in [0, 0.1) is 0 Å². The van der Waals surface area contributed by atoms with Crippen molar-refractivity contribution in [2.24, 2.45) is 0 Å². The van der Waals surface area contributed by atoms with Crippen LogP contribution < -0.4 is 0 Å². The van der Waals surface area contributed by atoms with E-state index in [2.05, 4.69) is 0 Å². The number of amides is 1. The van der Waals surface area contributed by atoms with E-state index in [9.17, 15) is 4.79 Å². The minimum absolute atomic E-state index is 0.0107. The second-order valence-corrected chi connectivity index (χ2v) is 6.11. The van der Waals surface area contributed by atoms with Crippen LogP contribution in [0.2, 0.25) is 0 Å². The molecule has 108 valence electrons. The molecule has 2 heterocycles. The molecule has 1 aliphatic carbocycles. The van der Waals surface area contributed by atoms with Gasteiger partial charge in [0.2, 0.25) is 5.91 Å². The van der Waals surface area contributed by atoms with Crippen LogP contribution in [0.15, 0.2) is 23.6 Å². The molecular formula is C15H19NO3S. The first-order valence-electron chi connectivity index (χ1n) is 6.96. The summed E-state index contributed by atoms with van der Waals surface area (Å²) >= 11 is 1.63. The third-order valence-electron chi connectivity index (χ3n) is 4.05. The van der Waals surface area contributed by atoms with Gasteiger partial charge in [0.15, 0.2) is 0 Å². The molecule has 3 atom stereocenters. The Morgan fingerprint density at radius 3 is 3.20 bits per heavy atom. The van der Waals surface area contributed by atoms with Crippen molar-refractivity contribution in [3.05, 3.63) is 28.5 Å². The van der Waals surface area contributed by atoms with Crippen LogP contribution in [0.3, 0.4) is 0 Å². The molecule has 0 N–H and O–H groups in total. The van der Waals surface area contributed by atoms with Crippen molar-refractivity contribution in [3.63, 3.8) is 0 Å². The highest BCUT2D eigenvalue weighted by molar-refractivity contribution is 7.10. The Labute approximate surface area is 123 Å². The number of thiophene rings is 1. The molecule has 20 heavy (non-hydrogen) atoms. The van der Waals surface area contributed by atoms with Gasteiger partial charge in [-0.1, -0.05) is 6.07 Å². The van der Waals surface area contributed by atoms with Gasteiger partial charge >= 0.3 is 0 Å². The maximum Gasteiger partial charge on any atom is 0.247 e. The van der Waals surface area contributed by atoms with Crippen LogP contribution >= 0.6 is 11.3 Å². The van der Waals surface area contributed by atoms with Crippen LogP contribution in [-0.4, -0.2) is 49.3 Å². The maximum atomic E-state index is 12.4. The summed E-state index contributed by atoms with van der Waals surface area (Å²) in [5.74, 6) is 0.0524. The average Bonchev–Trinajstić information content (AvgIpc) is 3.03. The Morgan fingerprint density at radius 2 is 2.45 bits per heavy atom. The van der Waals surface area contributed by atoms with Gasteiger partial charge < -0.3 is 14.4 Å². The summed E-state index contributed by atoms with van der Waals surface area (Å²) in [4.78, 5) is 15.4. The first-order valence-corrected chi connectivity index (χ1v) is 7.84. The van der Waals surface area contributed by atoms with Gasteiger partial charge in [-0.15, -0.1) is 11.3 Å². The number of hydrogen-bond acceptors (Lipinski definition) is 4. The lowest BCUT2D eigenvalue weighted by Crippen LogP contribution is -2.45. The maximum absolute atomic E-state index is 12.4. The van der Waals surface area contributed by atoms with E-state index in [0.29, 0.717) is 13.2 Å². The van der Waals surface area contributed by atoms with Crippen molar-refractivity contribution in [1.29, 1.82) is 0 Å². The molecule has 2 bridgehead atoms. The largest absolute Gasteiger partial charge is 0.377 e. The number of hydrogen-bond donors (Lipinski definition) is 0. The molecule has 2 fully saturated rings. The molecule has 3 unspecified atom stereocenters. The van der Waals surface area contributed by atoms with Gasteiger partial charge in [-0.25, -0.2) is 0 Å². The molecule has 4 nitrogen and oxygen atoms in total. The van der Waals surface area contributed by atoms with Crippen LogP contribution in [0.1, 0.15) is 17.7 Å². The van der Waals surface area contributed by atoms with Gasteiger partial charge in [0.25, 0.3) is 0 Å². The smallest absolute Gasteiger partial charge is 0.247 e. The van der Waals surface area contributed by atoms with E-state index in [1.807, 2.05) is 28.5 Å². The monoisotopic (exact) mass is 293 g/mol. The van der Waals surface area contributed by atoms with Crippen molar-refractivity contribution < 1.29 is 14.3 Å². The zero-order chi connectivity index (χ0) is 13.9. The van der Waals surface area contributed by atoms with Crippen molar-refractivity contribution in [2.45, 2.75) is 31.1 Å². The fourth-order valence-electron chi connectivity index (χ4n) is 3.11. The first kappa shape index (κ1) is 13.8. The van der Waals surface area contributed by atoms with Crippen molar-refractivity contribution in [1.82, 2.24) is 4.90 Å². The number of nitrogens with zero attached hydrogens (tertiary/aromatic N) is 1. The number of fused-ring (bicyclic) bond motifs is 2. The molecule has 1 aliphatic heterocycles. The molecule has 1 amide bonds. The second-order valence-electron chi connectivity index (χ2n) is 5.13. The van der Waals surface area contributed by atoms with Crippen molar-refractivity contribution in [3.8, 4) is 0 Å². The Morgan fingerprint density at radius 1 is 1.55 bits per heavy atom. The third-order valence-corrected chi connectivity index (χ3v) is 4.88. The zero-order valence-electron chi connectivity index (χ0n) is 11.5. The Hall–Kier alpha value is -1.17. The van der Waals surface area contributed by atoms with Crippen LogP contribution in [0.5, 0.6) is 0 Å². The summed E-state index contributed by atoms with van der Waals surface area (Å²) in [5.41, 5.74) is 0. The SMILES string of the molecule is COC1C2CCC1N(C(=O)/C=C/c1cccs1)CCO2. The molecule has 0 aromatic carbocycles. The molecule has 1 saturated carbocycles. The number of carbonyl (C=O) groups is 1. The van der Waals surface area contributed by atoms with Crippen LogP contribution in [-0.2, 0) is 14.3 Å². The van der Waals surface area contributed by atoms with Crippen LogP contribution in [0.25, 0.3) is 6.08 Å². The summed E-state index contributed by atoms with van der Waals surface area (Å²) in [5, 5.41) is 2.01. The third kappa shape index (κ3) is 2.66. The average molecular weight is 293 g/mol. The minimum atomic E-state index is 0.0107. The first-order chi connectivity index (χ1) is 9.79. The Kier molecular flexibility index (Phi) is 4.19. The van der Waals surface area contributed by atoms with E-state index in [4.69, 9.17) is 9.47 Å². The van der Waals surface area contributed by atoms with Crippen LogP contribution in [0.4, 0.5) is 0 Å². The summed E-state index contributed by atoms with van der Waals surface area (Å²) in [6.45, 7) is 1.24. The Balaban J connectivity index is 1.73. The second kappa shape index (κ2) is 6.08. The normalized spacial score (nSPS) is 29.9. The van der Waals surface area contributed by atoms with E-state index >= 15 is 0 Å². The van der Waals surface area contributed by atoms with Gasteiger partial charge in [0.1, 0.15) is 6.10 Å². The molecule has 1 saturated heterocycles. The summed E-state index contributed by atoms with van der Waals surface area (Å²) in [6, 6.07) is 4.13. The highest BCUT2D eigenvalue weighted by atomic mass is 32.1. The number of ether oxygens (including phenoxy) is 2. The van der Waals surface area contributed by atoms with Gasteiger partial charge in [0, 0.05) is 24.6 Å². The van der Waals surface area contributed by atoms with Gasteiger partial charge in [-0.05, 0) is 30.4 Å². The van der Waals surface area contributed by atoms with Gasteiger partial charge in [-0.3, -0.25) is 4.79 Å². The van der Waals surface area contributed by atoms with Gasteiger partial charge in [-0.2, -0.15) is 0 Å². The minimum Gasteiger partial charge on any atom is -0.377 e. The van der Waals surface area contributed by atoms with E-state index in [0.717, 1.165) is 17.7 Å². The molecule has 2 aliphatic rings. The fraction of sp³-hybridized carbons (Fsp3) is 0.533. The Bertz CT molecular complexity index is 485. The number of methoxy groups -OCH3 is 1. The molecule has 1 aromatic rings. The summed E-state index contributed by atoms with van der Waals surface area (Å²) in [6.07, 6.45) is 5.63. The molecule has 5 heteroatoms. The number of carbonyl (C=O) groups excluding carboxylic acids is 1. The molecular weight excluding hydrogens is 274 g/mol. The molecule has 1 aromatic heterocycles. The predicted molar refractivity (Wildman–Crippen MR) is 78.6 cm³/mol. The predicted octanol–water partition coefficient (Wildman–Crippen LogP) is 2.17.